The Hall–Kier alpha value is -4.59. The second kappa shape index (κ2) is 13.0. The summed E-state index contributed by atoms with van der Waals surface area (Å²) >= 11 is 0. The Labute approximate surface area is 259 Å². The molecule has 0 saturated carbocycles. The van der Waals surface area contributed by atoms with Gasteiger partial charge in [-0.1, -0.05) is 60.7 Å². The van der Waals surface area contributed by atoms with E-state index in [1.807, 2.05) is 6.07 Å². The van der Waals surface area contributed by atoms with Crippen LogP contribution in [0.15, 0.2) is 90.0 Å². The molecule has 0 bridgehead atoms. The fraction of sp³-hybridized carbons (Fsp3) is 0.344. The van der Waals surface area contributed by atoms with Crippen LogP contribution in [-0.4, -0.2) is 38.9 Å². The van der Waals surface area contributed by atoms with Gasteiger partial charge in [-0.05, 0) is 54.7 Å². The molecule has 0 radical (unpaired) electrons. The second-order valence-electron chi connectivity index (χ2n) is 11.1. The lowest BCUT2D eigenvalue weighted by Gasteiger charge is -2.49. The van der Waals surface area contributed by atoms with Crippen LogP contribution in [0.1, 0.15) is 59.7 Å². The molecule has 2 heterocycles. The van der Waals surface area contributed by atoms with E-state index in [2.05, 4.69) is 10.2 Å². The van der Waals surface area contributed by atoms with Crippen molar-refractivity contribution in [3.63, 3.8) is 0 Å². The highest BCUT2D eigenvalue weighted by Gasteiger charge is 2.48. The van der Waals surface area contributed by atoms with Crippen molar-refractivity contribution in [2.75, 3.05) is 13.2 Å². The molecule has 5 rings (SSSR count). The number of ether oxygens (including phenoxy) is 2. The average Bonchev–Trinajstić information content (AvgIpc) is 3.47. The number of H-pyrrole nitrogens is 1. The van der Waals surface area contributed by atoms with Gasteiger partial charge in [0.2, 0.25) is 0 Å². The van der Waals surface area contributed by atoms with E-state index >= 15 is 0 Å². The number of piperidine rings is 1. The van der Waals surface area contributed by atoms with Crippen molar-refractivity contribution in [2.45, 2.75) is 56.4 Å². The Bertz CT molecular complexity index is 1660. The first kappa shape index (κ1) is 32.8. The maximum Gasteiger partial charge on any atom is 0.416 e. The van der Waals surface area contributed by atoms with Crippen molar-refractivity contribution in [3.8, 4) is 0 Å². The van der Waals surface area contributed by atoms with Crippen molar-refractivity contribution in [3.05, 3.63) is 123 Å². The van der Waals surface area contributed by atoms with Crippen LogP contribution in [0.5, 0.6) is 0 Å². The standard InChI is InChI=1S/C32H30F6N4O4/c1-21(23-14-25(31(33,34)35)16-26(15-23)32(36,37)38)46-19-30(24-10-6-3-7-11-24)13-12-27(41-20-39-40-28(41)43)17-42(30)29(44)45-18-22-8-4-2-5-9-22/h2-11,14-16,20-21,27H,12-13,17-19H2,1H3,(H,40,43)/t21-,27?,30-/m1/s1. The molecule has 1 N–H and O–H groups in total. The fourth-order valence-electron chi connectivity index (χ4n) is 5.66. The van der Waals surface area contributed by atoms with E-state index in [1.54, 1.807) is 54.6 Å². The molecule has 244 valence electrons. The number of hydrogen-bond acceptors (Lipinski definition) is 5. The Balaban J connectivity index is 1.51. The summed E-state index contributed by atoms with van der Waals surface area (Å²) in [5.41, 5.74) is -3.66. The molecule has 1 fully saturated rings. The molecule has 46 heavy (non-hydrogen) atoms. The third-order valence-electron chi connectivity index (χ3n) is 8.16. The number of halogens is 6. The lowest BCUT2D eigenvalue weighted by atomic mass is 9.79. The summed E-state index contributed by atoms with van der Waals surface area (Å²) in [4.78, 5) is 27.7. The average molecular weight is 649 g/mol. The summed E-state index contributed by atoms with van der Waals surface area (Å²) in [6.07, 6.45) is -10.1. The number of aromatic amines is 1. The zero-order valence-corrected chi connectivity index (χ0v) is 24.5. The van der Waals surface area contributed by atoms with E-state index in [1.165, 1.54) is 22.7 Å². The van der Waals surface area contributed by atoms with Crippen LogP contribution >= 0.6 is 0 Å². The minimum absolute atomic E-state index is 0.0263. The monoisotopic (exact) mass is 648 g/mol. The summed E-state index contributed by atoms with van der Waals surface area (Å²) in [7, 11) is 0. The molecular weight excluding hydrogens is 618 g/mol. The molecule has 1 unspecified atom stereocenters. The number of carbonyl (C=O) groups is 1. The summed E-state index contributed by atoms with van der Waals surface area (Å²) in [6, 6.07) is 18.5. The molecule has 1 aromatic heterocycles. The lowest BCUT2D eigenvalue weighted by molar-refractivity contribution is -0.143. The van der Waals surface area contributed by atoms with Crippen molar-refractivity contribution < 1.29 is 40.6 Å². The molecule has 8 nitrogen and oxygen atoms in total. The number of likely N-dealkylation sites (tertiary alicyclic amines) is 1. The summed E-state index contributed by atoms with van der Waals surface area (Å²) < 4.78 is 94.6. The molecule has 1 amide bonds. The number of alkyl halides is 6. The first-order valence-electron chi connectivity index (χ1n) is 14.3. The van der Waals surface area contributed by atoms with Crippen LogP contribution < -0.4 is 5.69 Å². The number of amides is 1. The summed E-state index contributed by atoms with van der Waals surface area (Å²) in [5, 5.41) is 6.12. The van der Waals surface area contributed by atoms with Crippen LogP contribution in [0, 0.1) is 0 Å². The number of nitrogens with one attached hydrogen (secondary N) is 1. The predicted octanol–water partition coefficient (Wildman–Crippen LogP) is 7.26. The molecule has 0 aliphatic carbocycles. The highest BCUT2D eigenvalue weighted by Crippen LogP contribution is 2.43. The van der Waals surface area contributed by atoms with Crippen molar-refractivity contribution >= 4 is 6.09 Å². The van der Waals surface area contributed by atoms with Gasteiger partial charge in [0.15, 0.2) is 0 Å². The van der Waals surface area contributed by atoms with E-state index in [0.717, 1.165) is 5.56 Å². The molecule has 4 aromatic rings. The van der Waals surface area contributed by atoms with Gasteiger partial charge >= 0.3 is 24.1 Å². The molecule has 1 aliphatic heterocycles. The minimum Gasteiger partial charge on any atom is -0.445 e. The van der Waals surface area contributed by atoms with Gasteiger partial charge in [0, 0.05) is 6.54 Å². The van der Waals surface area contributed by atoms with Gasteiger partial charge in [-0.3, -0.25) is 9.47 Å². The molecular formula is C32H30F6N4O4. The Morgan fingerprint density at radius 3 is 2.15 bits per heavy atom. The Morgan fingerprint density at radius 2 is 1.59 bits per heavy atom. The highest BCUT2D eigenvalue weighted by atomic mass is 19.4. The molecule has 1 aliphatic rings. The number of aromatic nitrogens is 3. The zero-order chi connectivity index (χ0) is 33.1. The van der Waals surface area contributed by atoms with Gasteiger partial charge in [-0.15, -0.1) is 0 Å². The fourth-order valence-corrected chi connectivity index (χ4v) is 5.66. The minimum atomic E-state index is -5.02. The van der Waals surface area contributed by atoms with Gasteiger partial charge in [0.25, 0.3) is 0 Å². The topological polar surface area (TPSA) is 89.5 Å². The maximum atomic E-state index is 13.9. The largest absolute Gasteiger partial charge is 0.445 e. The Morgan fingerprint density at radius 1 is 0.978 bits per heavy atom. The van der Waals surface area contributed by atoms with Crippen molar-refractivity contribution in [1.82, 2.24) is 19.7 Å². The van der Waals surface area contributed by atoms with Crippen LogP contribution in [0.25, 0.3) is 0 Å². The van der Waals surface area contributed by atoms with Gasteiger partial charge in [0.05, 0.1) is 35.4 Å². The van der Waals surface area contributed by atoms with E-state index in [4.69, 9.17) is 9.47 Å². The maximum absolute atomic E-state index is 13.9. The van der Waals surface area contributed by atoms with Crippen molar-refractivity contribution in [2.24, 2.45) is 0 Å². The first-order valence-corrected chi connectivity index (χ1v) is 14.3. The third kappa shape index (κ3) is 7.11. The number of nitrogens with zero attached hydrogens (tertiary/aromatic N) is 3. The van der Waals surface area contributed by atoms with Crippen LogP contribution in [0.4, 0.5) is 31.1 Å². The zero-order valence-electron chi connectivity index (χ0n) is 24.5. The molecule has 1 saturated heterocycles. The van der Waals surface area contributed by atoms with Gasteiger partial charge in [-0.25, -0.2) is 14.7 Å². The molecule has 0 spiro atoms. The van der Waals surface area contributed by atoms with Gasteiger partial charge < -0.3 is 9.47 Å². The SMILES string of the molecule is C[C@@H](OC[C@@]1(c2ccccc2)CCC(n2cn[nH]c2=O)CN1C(=O)OCc1ccccc1)c1cc(C(F)(F)F)cc(C(F)(F)F)c1. The van der Waals surface area contributed by atoms with Crippen LogP contribution in [0.3, 0.4) is 0 Å². The second-order valence-corrected chi connectivity index (χ2v) is 11.1. The summed E-state index contributed by atoms with van der Waals surface area (Å²) in [5.74, 6) is 0. The number of rotatable bonds is 8. The summed E-state index contributed by atoms with van der Waals surface area (Å²) in [6.45, 7) is 0.951. The van der Waals surface area contributed by atoms with E-state index in [9.17, 15) is 35.9 Å². The number of carbonyl (C=O) groups excluding carboxylic acids is 1. The molecule has 14 heteroatoms. The molecule has 3 atom stereocenters. The van der Waals surface area contributed by atoms with Crippen molar-refractivity contribution in [1.29, 1.82) is 0 Å². The van der Waals surface area contributed by atoms with Gasteiger partial charge in [-0.2, -0.15) is 31.4 Å². The third-order valence-corrected chi connectivity index (χ3v) is 8.16. The quantitative estimate of drug-likeness (QED) is 0.203. The van der Waals surface area contributed by atoms with Gasteiger partial charge in [0.1, 0.15) is 12.9 Å². The normalized spacial score (nSPS) is 19.5. The van der Waals surface area contributed by atoms with Crippen LogP contribution in [0.2, 0.25) is 0 Å². The Kier molecular flexibility index (Phi) is 9.29. The highest BCUT2D eigenvalue weighted by molar-refractivity contribution is 5.69. The van der Waals surface area contributed by atoms with Crippen LogP contribution in [-0.2, 0) is 34.0 Å². The molecule has 3 aromatic carbocycles. The lowest BCUT2D eigenvalue weighted by Crippen LogP contribution is -2.58. The number of benzene rings is 3. The number of hydrogen-bond donors (Lipinski definition) is 1. The van der Waals surface area contributed by atoms with E-state index in [-0.39, 0.29) is 37.8 Å². The first-order chi connectivity index (χ1) is 21.8. The smallest absolute Gasteiger partial charge is 0.416 e. The van der Waals surface area contributed by atoms with E-state index in [0.29, 0.717) is 24.1 Å². The van der Waals surface area contributed by atoms with E-state index < -0.39 is 52.9 Å². The predicted molar refractivity (Wildman–Crippen MR) is 153 cm³/mol.